The van der Waals surface area contributed by atoms with E-state index >= 15 is 0 Å². The molecule has 2 heterocycles. The topological polar surface area (TPSA) is 72.9 Å². The van der Waals surface area contributed by atoms with Gasteiger partial charge in [-0.2, -0.15) is 9.65 Å². The lowest BCUT2D eigenvalue weighted by Crippen LogP contribution is -2.14. The summed E-state index contributed by atoms with van der Waals surface area (Å²) in [5, 5.41) is 4.32. The Morgan fingerprint density at radius 2 is 1.92 bits per heavy atom. The Labute approximate surface area is 156 Å². The normalized spacial score (nSPS) is 13.8. The molecule has 0 saturated heterocycles. The van der Waals surface area contributed by atoms with Gasteiger partial charge in [-0.05, 0) is 47.5 Å². The Morgan fingerprint density at radius 1 is 1.24 bits per heavy atom. The molecule has 0 aliphatic carbocycles. The van der Waals surface area contributed by atoms with E-state index in [4.69, 9.17) is 0 Å². The highest BCUT2D eigenvalue weighted by Gasteiger charge is 2.32. The van der Waals surface area contributed by atoms with Crippen molar-refractivity contribution in [3.8, 4) is 0 Å². The third-order valence-corrected chi connectivity index (χ3v) is 6.66. The first-order valence-corrected chi connectivity index (χ1v) is 10.2. The maximum absolute atomic E-state index is 12.8. The van der Waals surface area contributed by atoms with E-state index in [1.54, 1.807) is 23.0 Å². The molecule has 0 saturated carbocycles. The average molecular weight is 424 g/mol. The molecule has 0 aliphatic heterocycles. The highest BCUT2D eigenvalue weighted by atomic mass is 79.9. The molecule has 0 spiro atoms. The van der Waals surface area contributed by atoms with Crippen LogP contribution in [0.25, 0.3) is 0 Å². The first kappa shape index (κ1) is 18.0. The van der Waals surface area contributed by atoms with Crippen LogP contribution in [0, 0.1) is 13.8 Å². The van der Waals surface area contributed by atoms with Crippen LogP contribution in [0.4, 0.5) is 0 Å². The van der Waals surface area contributed by atoms with Crippen molar-refractivity contribution in [3.05, 3.63) is 63.9 Å². The van der Waals surface area contributed by atoms with E-state index in [-0.39, 0.29) is 5.75 Å². The van der Waals surface area contributed by atoms with Gasteiger partial charge in [0, 0.05) is 37.2 Å². The van der Waals surface area contributed by atoms with Crippen LogP contribution in [-0.2, 0) is 33.8 Å². The Hall–Kier alpha value is -1.77. The minimum absolute atomic E-state index is 0.0743. The number of aromatic nitrogens is 4. The zero-order valence-corrected chi connectivity index (χ0v) is 16.7. The monoisotopic (exact) mass is 423 g/mol. The largest absolute Gasteiger partial charge is 0.321 e. The summed E-state index contributed by atoms with van der Waals surface area (Å²) in [6.07, 6.45) is 3.60. The van der Waals surface area contributed by atoms with E-state index in [0.29, 0.717) is 11.4 Å². The molecule has 0 bridgehead atoms. The van der Waals surface area contributed by atoms with Crippen molar-refractivity contribution in [1.29, 1.82) is 0 Å². The van der Waals surface area contributed by atoms with Crippen LogP contribution in [-0.4, -0.2) is 23.9 Å². The molecule has 1 aromatic carbocycles. The quantitative estimate of drug-likeness (QED) is 0.636. The van der Waals surface area contributed by atoms with E-state index in [9.17, 15) is 8.76 Å². The van der Waals surface area contributed by atoms with Crippen molar-refractivity contribution in [2.45, 2.75) is 31.0 Å². The molecule has 1 atom stereocenters. The van der Waals surface area contributed by atoms with Crippen molar-refractivity contribution < 1.29 is 8.76 Å². The smallest absolute Gasteiger partial charge is 0.252 e. The van der Waals surface area contributed by atoms with Gasteiger partial charge < -0.3 is 4.57 Å². The van der Waals surface area contributed by atoms with Gasteiger partial charge in [-0.25, -0.2) is 4.98 Å². The molecule has 3 rings (SSSR count). The number of aryl methyl sites for hydroxylation is 2. The molecule has 6 nitrogen and oxygen atoms in total. The lowest BCUT2D eigenvalue weighted by Gasteiger charge is -2.07. The van der Waals surface area contributed by atoms with E-state index in [1.165, 1.54) is 0 Å². The minimum Gasteiger partial charge on any atom is -0.321 e. The van der Waals surface area contributed by atoms with Gasteiger partial charge in [0.15, 0.2) is 15.4 Å². The molecular formula is C17H20BrN4O2S+. The van der Waals surface area contributed by atoms with E-state index in [1.807, 2.05) is 43.8 Å². The van der Waals surface area contributed by atoms with Crippen molar-refractivity contribution in [3.63, 3.8) is 0 Å². The fourth-order valence-electron chi connectivity index (χ4n) is 2.74. The van der Waals surface area contributed by atoms with Gasteiger partial charge in [-0.15, -0.1) is 0 Å². The van der Waals surface area contributed by atoms with Crippen LogP contribution < -0.4 is 0 Å². The second-order valence-corrected chi connectivity index (χ2v) is 8.78. The lowest BCUT2D eigenvalue weighted by molar-refractivity contribution is 0.496. The number of imidazole rings is 1. The fourth-order valence-corrected chi connectivity index (χ4v) is 4.64. The van der Waals surface area contributed by atoms with Gasteiger partial charge in [0.2, 0.25) is 0 Å². The molecule has 0 fully saturated rings. The fraction of sp³-hybridized carbons (Fsp3) is 0.294. The van der Waals surface area contributed by atoms with Gasteiger partial charge in [0.25, 0.3) is 10.2 Å². The van der Waals surface area contributed by atoms with Crippen molar-refractivity contribution in [2.75, 3.05) is 0 Å². The number of hydrogen-bond acceptors (Lipinski definition) is 3. The highest BCUT2D eigenvalue weighted by Crippen LogP contribution is 2.25. The third-order valence-electron chi connectivity index (χ3n) is 4.31. The molecule has 0 amide bonds. The van der Waals surface area contributed by atoms with Gasteiger partial charge >= 0.3 is 0 Å². The second-order valence-electron chi connectivity index (χ2n) is 6.03. The number of benzene rings is 1. The molecular weight excluding hydrogens is 404 g/mol. The Morgan fingerprint density at radius 3 is 2.44 bits per heavy atom. The molecule has 2 aromatic heterocycles. The van der Waals surface area contributed by atoms with Crippen LogP contribution in [0.2, 0.25) is 0 Å². The lowest BCUT2D eigenvalue weighted by atomic mass is 10.2. The summed E-state index contributed by atoms with van der Waals surface area (Å²) in [5.41, 5.74) is 3.58. The van der Waals surface area contributed by atoms with Crippen molar-refractivity contribution in [1.82, 2.24) is 19.3 Å². The molecule has 3 aromatic rings. The van der Waals surface area contributed by atoms with Crippen LogP contribution in [0.15, 0.2) is 46.3 Å². The summed E-state index contributed by atoms with van der Waals surface area (Å²) >= 11 is 3.38. The third kappa shape index (κ3) is 3.75. The van der Waals surface area contributed by atoms with Crippen molar-refractivity contribution in [2.24, 2.45) is 7.05 Å². The molecule has 8 heteroatoms. The molecule has 0 aliphatic rings. The molecule has 25 heavy (non-hydrogen) atoms. The Balaban J connectivity index is 1.80. The molecule has 1 N–H and O–H groups in total. The number of hydrogen-bond donors (Lipinski definition) is 1. The molecule has 0 radical (unpaired) electrons. The van der Waals surface area contributed by atoms with Crippen molar-refractivity contribution >= 4 is 26.1 Å². The van der Waals surface area contributed by atoms with Gasteiger partial charge in [0.1, 0.15) is 0 Å². The number of halogens is 1. The minimum atomic E-state index is -3.16. The van der Waals surface area contributed by atoms with Crippen LogP contribution in [0.3, 0.4) is 0 Å². The molecule has 132 valence electrons. The Kier molecular flexibility index (Phi) is 4.95. The summed E-state index contributed by atoms with van der Waals surface area (Å²) in [5.74, 6) is 0.0743. The summed E-state index contributed by atoms with van der Waals surface area (Å²) < 4.78 is 27.9. The summed E-state index contributed by atoms with van der Waals surface area (Å²) in [4.78, 5) is 4.55. The average Bonchev–Trinajstić information content (AvgIpc) is 3.06. The van der Waals surface area contributed by atoms with Gasteiger partial charge in [-0.3, -0.25) is 4.68 Å². The molecule has 1 unspecified atom stereocenters. The standard InChI is InChI=1S/C17H19BrN4O2S/c1-12-16(13(2)21(3)20-12)11-25(23,24)15-6-4-14(5-7-15)10-22-9-8-19-17(22)18/h4-9H,10-11H2,1-3H3/p+1. The number of nitrogens with zero attached hydrogens (tertiary/aromatic N) is 4. The van der Waals surface area contributed by atoms with Crippen LogP contribution in [0.1, 0.15) is 22.5 Å². The second kappa shape index (κ2) is 6.86. The van der Waals surface area contributed by atoms with Gasteiger partial charge in [0.05, 0.1) is 5.69 Å². The maximum atomic E-state index is 12.8. The van der Waals surface area contributed by atoms with E-state index in [0.717, 1.165) is 27.2 Å². The maximum Gasteiger partial charge on any atom is 0.252 e. The summed E-state index contributed by atoms with van der Waals surface area (Å²) in [7, 11) is -1.32. The van der Waals surface area contributed by atoms with Gasteiger partial charge in [-0.1, -0.05) is 16.3 Å². The predicted octanol–water partition coefficient (Wildman–Crippen LogP) is 3.58. The highest BCUT2D eigenvalue weighted by molar-refractivity contribution is 9.10. The van der Waals surface area contributed by atoms with Crippen LogP contribution in [0.5, 0.6) is 0 Å². The predicted molar refractivity (Wildman–Crippen MR) is 101 cm³/mol. The SMILES string of the molecule is Cc1nn(C)c(C)c1C[S+](=O)(O)c1ccc(Cn2ccnc2Br)cc1. The van der Waals surface area contributed by atoms with E-state index in [2.05, 4.69) is 26.0 Å². The number of rotatable bonds is 5. The first-order valence-electron chi connectivity index (χ1n) is 7.77. The summed E-state index contributed by atoms with van der Waals surface area (Å²) in [6.45, 7) is 4.43. The first-order chi connectivity index (χ1) is 11.8. The van der Waals surface area contributed by atoms with Crippen LogP contribution >= 0.6 is 15.9 Å². The van der Waals surface area contributed by atoms with E-state index < -0.39 is 10.2 Å². The summed E-state index contributed by atoms with van der Waals surface area (Å²) in [6, 6.07) is 7.20. The Bertz CT molecular complexity index is 946. The zero-order valence-electron chi connectivity index (χ0n) is 14.3. The zero-order chi connectivity index (χ0) is 18.2.